The van der Waals surface area contributed by atoms with Crippen LogP contribution in [0.4, 0.5) is 0 Å². The molecule has 0 saturated heterocycles. The van der Waals surface area contributed by atoms with Crippen LogP contribution in [0, 0.1) is 11.5 Å². The molecule has 0 aromatic heterocycles. The van der Waals surface area contributed by atoms with Crippen LogP contribution in [0.25, 0.3) is 0 Å². The molecule has 0 aliphatic carbocycles. The number of nitrogens with two attached hydrogens (primary N) is 1. The second-order valence-corrected chi connectivity index (χ2v) is 3.67. The van der Waals surface area contributed by atoms with Gasteiger partial charge in [0.15, 0.2) is 11.4 Å². The molecule has 0 radical (unpaired) electrons. The Hall–Kier alpha value is -1.86. The van der Waals surface area contributed by atoms with Crippen molar-refractivity contribution in [1.29, 1.82) is 5.26 Å². The fourth-order valence-corrected chi connectivity index (χ4v) is 1.09. The average molecular weight is 240 g/mol. The second kappa shape index (κ2) is 6.57. The van der Waals surface area contributed by atoms with Gasteiger partial charge in [-0.2, -0.15) is 13.7 Å². The van der Waals surface area contributed by atoms with E-state index in [1.807, 2.05) is 0 Å². The van der Waals surface area contributed by atoms with E-state index in [1.165, 1.54) is 6.19 Å². The summed E-state index contributed by atoms with van der Waals surface area (Å²) in [6, 6.07) is 0. The zero-order chi connectivity index (χ0) is 12.6. The van der Waals surface area contributed by atoms with Crippen LogP contribution in [0.1, 0.15) is 6.42 Å². The number of carbonyl (C=O) groups is 2. The van der Waals surface area contributed by atoms with E-state index < -0.39 is 33.7 Å². The lowest BCUT2D eigenvalue weighted by molar-refractivity contribution is -0.143. The third kappa shape index (κ3) is 8.47. The monoisotopic (exact) mass is 240 g/mol. The number of carboxylic acids is 2. The first kappa shape index (κ1) is 15.6. The molecule has 86 valence electrons. The third-order valence-corrected chi connectivity index (χ3v) is 2.08. The lowest BCUT2D eigenvalue weighted by Gasteiger charge is -2.04. The number of carboxylic acid groups (broad SMARTS) is 2. The van der Waals surface area contributed by atoms with Gasteiger partial charge in [-0.25, -0.2) is 0 Å². The Morgan fingerprint density at radius 2 is 1.73 bits per heavy atom. The topological polar surface area (TPSA) is 179 Å². The quantitative estimate of drug-likeness (QED) is 0.251. The Morgan fingerprint density at radius 3 is 1.80 bits per heavy atom. The van der Waals surface area contributed by atoms with Crippen LogP contribution in [0.15, 0.2) is 0 Å². The van der Waals surface area contributed by atoms with Crippen LogP contribution in [0.2, 0.25) is 0 Å². The summed E-state index contributed by atoms with van der Waals surface area (Å²) >= 11 is 0. The van der Waals surface area contributed by atoms with E-state index in [1.54, 1.807) is 0 Å². The summed E-state index contributed by atoms with van der Waals surface area (Å²) in [6.45, 7) is 0. The number of aliphatic carboxylic acids is 2. The van der Waals surface area contributed by atoms with Crippen LogP contribution in [-0.4, -0.2) is 40.4 Å². The highest BCUT2D eigenvalue weighted by atomic mass is 32.2. The van der Waals surface area contributed by atoms with Gasteiger partial charge in [0.2, 0.25) is 0 Å². The summed E-state index contributed by atoms with van der Waals surface area (Å²) in [5.74, 6) is -3.50. The predicted octanol–water partition coefficient (Wildman–Crippen LogP) is -1.77. The summed E-state index contributed by atoms with van der Waals surface area (Å²) < 4.78 is 28.7. The van der Waals surface area contributed by atoms with Crippen molar-refractivity contribution in [3.05, 3.63) is 0 Å². The Labute approximate surface area is 84.5 Å². The molecule has 10 heteroatoms. The second-order valence-electron chi connectivity index (χ2n) is 2.07. The van der Waals surface area contributed by atoms with E-state index in [0.717, 1.165) is 0 Å². The highest BCUT2D eigenvalue weighted by Crippen LogP contribution is 2.04. The number of rotatable bonds is 4. The minimum absolute atomic E-state index is 1.16. The minimum atomic E-state index is -4.84. The molecule has 0 aromatic carbocycles. The largest absolute Gasteiger partial charge is 0.481 e. The maximum absolute atomic E-state index is 10.2. The zero-order valence-corrected chi connectivity index (χ0v) is 8.01. The van der Waals surface area contributed by atoms with Crippen LogP contribution >= 0.6 is 0 Å². The predicted molar refractivity (Wildman–Crippen MR) is 45.0 cm³/mol. The molecule has 9 nitrogen and oxygen atoms in total. The van der Waals surface area contributed by atoms with E-state index in [0.29, 0.717) is 0 Å². The fraction of sp³-hybridized carbons (Fsp3) is 0.400. The zero-order valence-electron chi connectivity index (χ0n) is 7.19. The van der Waals surface area contributed by atoms with Crippen molar-refractivity contribution in [3.63, 3.8) is 0 Å². The normalized spacial score (nSPS) is 11.5. The van der Waals surface area contributed by atoms with Crippen LogP contribution in [-0.2, 0) is 19.7 Å². The van der Waals surface area contributed by atoms with Gasteiger partial charge in [0.05, 0.1) is 6.42 Å². The van der Waals surface area contributed by atoms with Gasteiger partial charge < -0.3 is 15.9 Å². The van der Waals surface area contributed by atoms with E-state index in [-0.39, 0.29) is 0 Å². The lowest BCUT2D eigenvalue weighted by Crippen LogP contribution is -2.31. The number of nitriles is 1. The van der Waals surface area contributed by atoms with Crippen molar-refractivity contribution < 1.29 is 32.8 Å². The molecule has 0 saturated carbocycles. The van der Waals surface area contributed by atoms with Gasteiger partial charge >= 0.3 is 11.9 Å². The molecule has 0 aliphatic heterocycles. The number of hydrogen-bond acceptors (Lipinski definition) is 6. The van der Waals surface area contributed by atoms with Crippen LogP contribution < -0.4 is 5.73 Å². The molecule has 5 N–H and O–H groups in total. The van der Waals surface area contributed by atoms with Crippen molar-refractivity contribution in [2.45, 2.75) is 11.7 Å². The van der Waals surface area contributed by atoms with Gasteiger partial charge in [-0.05, 0) is 0 Å². The first-order valence-corrected chi connectivity index (χ1v) is 4.67. The van der Waals surface area contributed by atoms with E-state index in [4.69, 9.17) is 20.0 Å². The smallest absolute Gasteiger partial charge is 0.325 e. The lowest BCUT2D eigenvalue weighted by atomic mass is 10.3. The van der Waals surface area contributed by atoms with Crippen LogP contribution in [0.3, 0.4) is 0 Å². The molecule has 0 spiro atoms. The summed E-state index contributed by atoms with van der Waals surface area (Å²) in [6.07, 6.45) is 0.0914. The first-order valence-electron chi connectivity index (χ1n) is 3.17. The number of nitrogens with zero attached hydrogens (tertiary/aromatic N) is 1. The minimum Gasteiger partial charge on any atom is -0.481 e. The van der Waals surface area contributed by atoms with Crippen molar-refractivity contribution in [1.82, 2.24) is 0 Å². The molecule has 0 fully saturated rings. The summed E-state index contributed by atoms with van der Waals surface area (Å²) in [5.41, 5.74) is 4.15. The summed E-state index contributed by atoms with van der Waals surface area (Å²) in [5, 5.41) is 21.0. The van der Waals surface area contributed by atoms with Gasteiger partial charge in [-0.1, -0.05) is 0 Å². The maximum Gasteiger partial charge on any atom is 0.325 e. The molecule has 0 aromatic rings. The van der Waals surface area contributed by atoms with Gasteiger partial charge in [0, 0.05) is 0 Å². The summed E-state index contributed by atoms with van der Waals surface area (Å²) in [7, 11) is -4.84. The van der Waals surface area contributed by atoms with Crippen molar-refractivity contribution in [2.75, 3.05) is 0 Å². The highest BCUT2D eigenvalue weighted by Gasteiger charge is 2.33. The molecule has 15 heavy (non-hydrogen) atoms. The summed E-state index contributed by atoms with van der Waals surface area (Å²) in [4.78, 5) is 20.0. The van der Waals surface area contributed by atoms with Gasteiger partial charge in [-0.15, -0.1) is 0 Å². The van der Waals surface area contributed by atoms with Crippen molar-refractivity contribution in [3.8, 4) is 6.19 Å². The van der Waals surface area contributed by atoms with Gasteiger partial charge in [0.1, 0.15) is 0 Å². The molecule has 0 aliphatic rings. The molecular formula is C5H8N2O7S. The van der Waals surface area contributed by atoms with Gasteiger partial charge in [0.25, 0.3) is 10.1 Å². The SMILES string of the molecule is N#CN.O=C(O)CC(C(=O)O)S(=O)(=O)O. The molecule has 0 amide bonds. The van der Waals surface area contributed by atoms with E-state index in [9.17, 15) is 18.0 Å². The Bertz CT molecular complexity index is 367. The van der Waals surface area contributed by atoms with E-state index in [2.05, 4.69) is 5.73 Å². The third-order valence-electron chi connectivity index (χ3n) is 0.995. The Balaban J connectivity index is 0. The standard InChI is InChI=1S/C4H6O7S.CH2N2/c5-3(6)1-2(4(7)8)12(9,10)11;2-1-3/h2H,1H2,(H,5,6)(H,7,8)(H,9,10,11);2H2. The van der Waals surface area contributed by atoms with Crippen LogP contribution in [0.5, 0.6) is 0 Å². The average Bonchev–Trinajstić information content (AvgIpc) is 1.98. The molecule has 0 rings (SSSR count). The van der Waals surface area contributed by atoms with Gasteiger partial charge in [-0.3, -0.25) is 14.1 Å². The fourth-order valence-electron chi connectivity index (χ4n) is 0.479. The first-order chi connectivity index (χ1) is 6.66. The highest BCUT2D eigenvalue weighted by molar-refractivity contribution is 7.87. The molecule has 0 bridgehead atoms. The molecule has 0 heterocycles. The molecule has 1 unspecified atom stereocenters. The molecular weight excluding hydrogens is 232 g/mol. The molecule has 1 atom stereocenters. The maximum atomic E-state index is 10.2. The Kier molecular flexibility index (Phi) is 6.84. The number of hydrogen-bond donors (Lipinski definition) is 4. The Morgan fingerprint density at radius 1 is 1.40 bits per heavy atom. The van der Waals surface area contributed by atoms with E-state index >= 15 is 0 Å². The van der Waals surface area contributed by atoms with Crippen molar-refractivity contribution in [2.24, 2.45) is 5.73 Å². The van der Waals surface area contributed by atoms with Crippen molar-refractivity contribution >= 4 is 22.1 Å².